The van der Waals surface area contributed by atoms with E-state index >= 15 is 0 Å². The molecule has 2 heterocycles. The van der Waals surface area contributed by atoms with Crippen molar-refractivity contribution in [2.24, 2.45) is 7.05 Å². The number of hydrogen-bond donors (Lipinski definition) is 0. The Labute approximate surface area is 138 Å². The number of hydrogen-bond acceptors (Lipinski definition) is 3. The topological polar surface area (TPSA) is 28.5 Å². The first kappa shape index (κ1) is 15.8. The van der Waals surface area contributed by atoms with Crippen LogP contribution in [0.4, 0.5) is 5.69 Å². The molecule has 0 N–H and O–H groups in total. The molecule has 1 saturated heterocycles. The highest BCUT2D eigenvalue weighted by molar-refractivity contribution is 5.94. The molecule has 0 aliphatic carbocycles. The van der Waals surface area contributed by atoms with Crippen LogP contribution in [-0.2, 0) is 13.6 Å². The Morgan fingerprint density at radius 2 is 1.96 bits per heavy atom. The molecule has 0 unspecified atom stereocenters. The molecule has 2 aromatic rings. The maximum atomic E-state index is 11.5. The summed E-state index contributed by atoms with van der Waals surface area (Å²) in [6.07, 6.45) is 1.93. The molecule has 0 saturated carbocycles. The van der Waals surface area contributed by atoms with Crippen LogP contribution in [0.5, 0.6) is 0 Å². The first-order valence-electron chi connectivity index (χ1n) is 8.25. The fourth-order valence-corrected chi connectivity index (χ4v) is 3.27. The second-order valence-electron chi connectivity index (χ2n) is 6.49. The van der Waals surface area contributed by atoms with Crippen LogP contribution in [0.2, 0.25) is 0 Å². The van der Waals surface area contributed by atoms with Gasteiger partial charge in [0.15, 0.2) is 5.78 Å². The van der Waals surface area contributed by atoms with Gasteiger partial charge < -0.3 is 9.47 Å². The minimum absolute atomic E-state index is 0.133. The van der Waals surface area contributed by atoms with Crippen LogP contribution in [0.15, 0.2) is 42.6 Å². The van der Waals surface area contributed by atoms with Gasteiger partial charge in [0.05, 0.1) is 0 Å². The van der Waals surface area contributed by atoms with Gasteiger partial charge in [-0.1, -0.05) is 18.2 Å². The molecule has 0 amide bonds. The van der Waals surface area contributed by atoms with Gasteiger partial charge >= 0.3 is 0 Å². The molecular weight excluding hydrogens is 286 g/mol. The molecule has 0 spiro atoms. The molecule has 0 bridgehead atoms. The molecule has 4 heteroatoms. The van der Waals surface area contributed by atoms with Crippen LogP contribution >= 0.6 is 0 Å². The maximum Gasteiger partial charge on any atom is 0.161 e. The molecule has 1 aromatic heterocycles. The third kappa shape index (κ3) is 3.48. The van der Waals surface area contributed by atoms with Crippen molar-refractivity contribution in [3.05, 3.63) is 53.9 Å². The van der Waals surface area contributed by atoms with E-state index in [1.807, 2.05) is 19.3 Å². The Balaban J connectivity index is 1.66. The van der Waals surface area contributed by atoms with Gasteiger partial charge in [0.1, 0.15) is 0 Å². The van der Waals surface area contributed by atoms with Gasteiger partial charge in [-0.2, -0.15) is 0 Å². The summed E-state index contributed by atoms with van der Waals surface area (Å²) in [5.41, 5.74) is 3.31. The van der Waals surface area contributed by atoms with Gasteiger partial charge in [0.2, 0.25) is 0 Å². The summed E-state index contributed by atoms with van der Waals surface area (Å²) in [6.45, 7) is 7.92. The van der Waals surface area contributed by atoms with Crippen molar-refractivity contribution in [3.8, 4) is 0 Å². The van der Waals surface area contributed by atoms with Gasteiger partial charge in [0, 0.05) is 62.4 Å². The van der Waals surface area contributed by atoms with E-state index in [1.54, 1.807) is 6.92 Å². The Bertz CT molecular complexity index is 677. The Hall–Kier alpha value is -2.07. The fourth-order valence-electron chi connectivity index (χ4n) is 3.27. The SMILES string of the molecule is CC(=O)c1cc(CN2CCN(c3ccccc3)C[C@@H]2C)n(C)c1. The van der Waals surface area contributed by atoms with E-state index in [0.717, 1.165) is 31.7 Å². The van der Waals surface area contributed by atoms with Crippen LogP contribution in [0.1, 0.15) is 29.9 Å². The summed E-state index contributed by atoms with van der Waals surface area (Å²) in [5.74, 6) is 0.133. The number of para-hydroxylation sites is 1. The van der Waals surface area contributed by atoms with E-state index in [1.165, 1.54) is 11.4 Å². The van der Waals surface area contributed by atoms with Crippen molar-refractivity contribution in [1.29, 1.82) is 0 Å². The summed E-state index contributed by atoms with van der Waals surface area (Å²) in [5, 5.41) is 0. The lowest BCUT2D eigenvalue weighted by molar-refractivity contribution is 0.101. The monoisotopic (exact) mass is 311 g/mol. The Morgan fingerprint density at radius 1 is 1.22 bits per heavy atom. The average Bonchev–Trinajstić information content (AvgIpc) is 2.91. The summed E-state index contributed by atoms with van der Waals surface area (Å²) in [4.78, 5) is 16.5. The van der Waals surface area contributed by atoms with Crippen LogP contribution in [0.3, 0.4) is 0 Å². The largest absolute Gasteiger partial charge is 0.369 e. The molecule has 1 aliphatic heterocycles. The quantitative estimate of drug-likeness (QED) is 0.813. The lowest BCUT2D eigenvalue weighted by Crippen LogP contribution is -2.51. The molecule has 23 heavy (non-hydrogen) atoms. The second-order valence-corrected chi connectivity index (χ2v) is 6.49. The lowest BCUT2D eigenvalue weighted by Gasteiger charge is -2.41. The van der Waals surface area contributed by atoms with Crippen molar-refractivity contribution in [3.63, 3.8) is 0 Å². The predicted molar refractivity (Wildman–Crippen MR) is 93.9 cm³/mol. The molecule has 4 nitrogen and oxygen atoms in total. The summed E-state index contributed by atoms with van der Waals surface area (Å²) < 4.78 is 2.08. The molecule has 1 atom stereocenters. The number of aromatic nitrogens is 1. The van der Waals surface area contributed by atoms with Crippen molar-refractivity contribution in [1.82, 2.24) is 9.47 Å². The zero-order valence-corrected chi connectivity index (χ0v) is 14.2. The molecular formula is C19H25N3O. The van der Waals surface area contributed by atoms with Crippen molar-refractivity contribution >= 4 is 11.5 Å². The summed E-state index contributed by atoms with van der Waals surface area (Å²) >= 11 is 0. The van der Waals surface area contributed by atoms with Crippen LogP contribution in [0.25, 0.3) is 0 Å². The molecule has 1 aliphatic rings. The number of carbonyl (C=O) groups is 1. The number of benzene rings is 1. The zero-order valence-electron chi connectivity index (χ0n) is 14.2. The number of piperazine rings is 1. The van der Waals surface area contributed by atoms with Gasteiger partial charge in [-0.05, 0) is 32.0 Å². The number of anilines is 1. The van der Waals surface area contributed by atoms with Gasteiger partial charge in [-0.25, -0.2) is 0 Å². The first-order valence-corrected chi connectivity index (χ1v) is 8.25. The van der Waals surface area contributed by atoms with Crippen molar-refractivity contribution < 1.29 is 4.79 Å². The summed E-state index contributed by atoms with van der Waals surface area (Å²) in [6, 6.07) is 13.1. The third-order valence-corrected chi connectivity index (χ3v) is 4.77. The number of rotatable bonds is 4. The normalized spacial score (nSPS) is 19.1. The van der Waals surface area contributed by atoms with Gasteiger partial charge in [0.25, 0.3) is 0 Å². The maximum absolute atomic E-state index is 11.5. The number of aryl methyl sites for hydroxylation is 1. The molecule has 3 rings (SSSR count). The van der Waals surface area contributed by atoms with Crippen LogP contribution in [0, 0.1) is 0 Å². The van der Waals surface area contributed by atoms with E-state index < -0.39 is 0 Å². The van der Waals surface area contributed by atoms with Gasteiger partial charge in [-0.3, -0.25) is 9.69 Å². The van der Waals surface area contributed by atoms with E-state index in [0.29, 0.717) is 6.04 Å². The Morgan fingerprint density at radius 3 is 2.57 bits per heavy atom. The highest BCUT2D eigenvalue weighted by atomic mass is 16.1. The second kappa shape index (κ2) is 6.59. The minimum Gasteiger partial charge on any atom is -0.369 e. The average molecular weight is 311 g/mol. The highest BCUT2D eigenvalue weighted by Gasteiger charge is 2.24. The van der Waals surface area contributed by atoms with Crippen molar-refractivity contribution in [2.45, 2.75) is 26.4 Å². The third-order valence-electron chi connectivity index (χ3n) is 4.77. The van der Waals surface area contributed by atoms with E-state index in [-0.39, 0.29) is 5.78 Å². The van der Waals surface area contributed by atoms with E-state index in [2.05, 4.69) is 51.6 Å². The number of carbonyl (C=O) groups excluding carboxylic acids is 1. The molecule has 122 valence electrons. The number of ketones is 1. The molecule has 0 radical (unpaired) electrons. The standard InChI is InChI=1S/C19H25N3O/c1-15-12-22(18-7-5-4-6-8-18)10-9-21(15)14-19-11-17(16(2)23)13-20(19)3/h4-8,11,13,15H,9-10,12,14H2,1-3H3/t15-/m0/s1. The summed E-state index contributed by atoms with van der Waals surface area (Å²) in [7, 11) is 2.02. The van der Waals surface area contributed by atoms with E-state index in [4.69, 9.17) is 0 Å². The highest BCUT2D eigenvalue weighted by Crippen LogP contribution is 2.20. The molecule has 1 fully saturated rings. The first-order chi connectivity index (χ1) is 11.0. The van der Waals surface area contributed by atoms with E-state index in [9.17, 15) is 4.79 Å². The zero-order chi connectivity index (χ0) is 16.4. The van der Waals surface area contributed by atoms with Crippen LogP contribution in [-0.4, -0.2) is 40.9 Å². The minimum atomic E-state index is 0.133. The fraction of sp³-hybridized carbons (Fsp3) is 0.421. The number of nitrogens with zero attached hydrogens (tertiary/aromatic N) is 3. The Kier molecular flexibility index (Phi) is 4.53. The lowest BCUT2D eigenvalue weighted by atomic mass is 10.1. The smallest absolute Gasteiger partial charge is 0.161 e. The van der Waals surface area contributed by atoms with Crippen molar-refractivity contribution in [2.75, 3.05) is 24.5 Å². The number of Topliss-reactive ketones (excluding diaryl/α,β-unsaturated/α-hetero) is 1. The predicted octanol–water partition coefficient (Wildman–Crippen LogP) is 2.94. The van der Waals surface area contributed by atoms with Crippen LogP contribution < -0.4 is 4.90 Å². The van der Waals surface area contributed by atoms with Gasteiger partial charge in [-0.15, -0.1) is 0 Å². The molecule has 1 aromatic carbocycles.